The largest absolute Gasteiger partial charge is 0.444 e. The second-order valence-electron chi connectivity index (χ2n) is 5.54. The summed E-state index contributed by atoms with van der Waals surface area (Å²) in [6.45, 7) is 9.80. The second-order valence-corrected chi connectivity index (χ2v) is 5.54. The minimum absolute atomic E-state index is 0.0322. The molecule has 0 N–H and O–H groups in total. The van der Waals surface area contributed by atoms with Gasteiger partial charge in [-0.3, -0.25) is 9.69 Å². The third-order valence-electron chi connectivity index (χ3n) is 2.55. The number of amides is 1. The van der Waals surface area contributed by atoms with Crippen molar-refractivity contribution in [3.8, 4) is 0 Å². The zero-order valence-electron chi connectivity index (χ0n) is 10.7. The van der Waals surface area contributed by atoms with Gasteiger partial charge in [-0.1, -0.05) is 13.8 Å². The molecule has 1 atom stereocenters. The SMILES string of the molecule is CC(C)C(=O)C1CCN1C(=O)OC(C)(C)C. The van der Waals surface area contributed by atoms with Gasteiger partial charge in [-0.25, -0.2) is 4.79 Å². The summed E-state index contributed by atoms with van der Waals surface area (Å²) in [6.07, 6.45) is 0.383. The highest BCUT2D eigenvalue weighted by atomic mass is 16.6. The van der Waals surface area contributed by atoms with Crippen molar-refractivity contribution in [1.29, 1.82) is 0 Å². The first kappa shape index (κ1) is 13.0. The van der Waals surface area contributed by atoms with Gasteiger partial charge in [0, 0.05) is 12.5 Å². The van der Waals surface area contributed by atoms with E-state index >= 15 is 0 Å². The predicted molar refractivity (Wildman–Crippen MR) is 61.2 cm³/mol. The van der Waals surface area contributed by atoms with Crippen LogP contribution in [0.5, 0.6) is 0 Å². The smallest absolute Gasteiger partial charge is 0.410 e. The molecule has 16 heavy (non-hydrogen) atoms. The Kier molecular flexibility index (Phi) is 3.61. The predicted octanol–water partition coefficient (Wildman–Crippen LogP) is 2.22. The Morgan fingerprint density at radius 3 is 2.19 bits per heavy atom. The van der Waals surface area contributed by atoms with Crippen LogP contribution in [0, 0.1) is 5.92 Å². The van der Waals surface area contributed by atoms with Crippen LogP contribution in [0.1, 0.15) is 41.0 Å². The molecule has 0 aliphatic carbocycles. The quantitative estimate of drug-likeness (QED) is 0.726. The molecule has 1 amide bonds. The number of carbonyl (C=O) groups is 2. The molecule has 0 aromatic rings. The van der Waals surface area contributed by atoms with E-state index in [-0.39, 0.29) is 23.8 Å². The Bertz CT molecular complexity index is 291. The molecule has 0 bridgehead atoms. The Balaban J connectivity index is 2.56. The highest BCUT2D eigenvalue weighted by molar-refractivity contribution is 5.90. The molecule has 1 heterocycles. The van der Waals surface area contributed by atoms with Crippen molar-refractivity contribution in [2.45, 2.75) is 52.7 Å². The molecule has 4 heteroatoms. The first-order chi connectivity index (χ1) is 7.22. The Morgan fingerprint density at radius 2 is 1.88 bits per heavy atom. The summed E-state index contributed by atoms with van der Waals surface area (Å²) < 4.78 is 5.24. The number of nitrogens with zero attached hydrogens (tertiary/aromatic N) is 1. The van der Waals surface area contributed by atoms with Gasteiger partial charge in [-0.05, 0) is 27.2 Å². The number of hydrogen-bond acceptors (Lipinski definition) is 3. The van der Waals surface area contributed by atoms with E-state index in [1.54, 1.807) is 0 Å². The van der Waals surface area contributed by atoms with Crippen LogP contribution in [0.15, 0.2) is 0 Å². The van der Waals surface area contributed by atoms with Gasteiger partial charge >= 0.3 is 6.09 Å². The number of ether oxygens (including phenoxy) is 1. The molecular weight excluding hydrogens is 206 g/mol. The fourth-order valence-corrected chi connectivity index (χ4v) is 1.61. The third kappa shape index (κ3) is 2.97. The van der Waals surface area contributed by atoms with Gasteiger partial charge in [-0.2, -0.15) is 0 Å². The van der Waals surface area contributed by atoms with Crippen LogP contribution in [0.2, 0.25) is 0 Å². The molecule has 1 rings (SSSR count). The van der Waals surface area contributed by atoms with Gasteiger partial charge in [-0.15, -0.1) is 0 Å². The Morgan fingerprint density at radius 1 is 1.31 bits per heavy atom. The van der Waals surface area contributed by atoms with E-state index < -0.39 is 5.60 Å². The lowest BCUT2D eigenvalue weighted by Gasteiger charge is -2.41. The molecule has 0 spiro atoms. The van der Waals surface area contributed by atoms with Crippen molar-refractivity contribution < 1.29 is 14.3 Å². The lowest BCUT2D eigenvalue weighted by Crippen LogP contribution is -2.57. The van der Waals surface area contributed by atoms with Gasteiger partial charge in [0.1, 0.15) is 5.60 Å². The number of carbonyl (C=O) groups excluding carboxylic acids is 2. The molecule has 0 saturated carbocycles. The molecule has 1 unspecified atom stereocenters. The lowest BCUT2D eigenvalue weighted by molar-refractivity contribution is -0.131. The van der Waals surface area contributed by atoms with Crippen molar-refractivity contribution in [3.05, 3.63) is 0 Å². The fourth-order valence-electron chi connectivity index (χ4n) is 1.61. The highest BCUT2D eigenvalue weighted by Crippen LogP contribution is 2.23. The van der Waals surface area contributed by atoms with Crippen molar-refractivity contribution in [2.75, 3.05) is 6.54 Å². The van der Waals surface area contributed by atoms with Crippen LogP contribution in [0.3, 0.4) is 0 Å². The fraction of sp³-hybridized carbons (Fsp3) is 0.833. The first-order valence-corrected chi connectivity index (χ1v) is 5.75. The Hall–Kier alpha value is -1.06. The van der Waals surface area contributed by atoms with Crippen LogP contribution in [0.4, 0.5) is 4.79 Å². The van der Waals surface area contributed by atoms with Gasteiger partial charge in [0.15, 0.2) is 5.78 Å². The number of hydrogen-bond donors (Lipinski definition) is 0. The van der Waals surface area contributed by atoms with Crippen LogP contribution in [-0.4, -0.2) is 35.0 Å². The van der Waals surface area contributed by atoms with E-state index in [1.807, 2.05) is 34.6 Å². The van der Waals surface area contributed by atoms with E-state index in [0.29, 0.717) is 6.54 Å². The maximum Gasteiger partial charge on any atom is 0.410 e. The highest BCUT2D eigenvalue weighted by Gasteiger charge is 2.40. The molecule has 1 fully saturated rings. The van der Waals surface area contributed by atoms with Crippen LogP contribution in [-0.2, 0) is 9.53 Å². The summed E-state index contributed by atoms with van der Waals surface area (Å²) in [5, 5.41) is 0. The summed E-state index contributed by atoms with van der Waals surface area (Å²) in [5.41, 5.74) is -0.502. The van der Waals surface area contributed by atoms with Crippen LogP contribution in [0.25, 0.3) is 0 Å². The van der Waals surface area contributed by atoms with Crippen LogP contribution < -0.4 is 0 Å². The number of ketones is 1. The van der Waals surface area contributed by atoms with E-state index in [4.69, 9.17) is 4.74 Å². The summed E-state index contributed by atoms with van der Waals surface area (Å²) in [5.74, 6) is 0.0901. The van der Waals surface area contributed by atoms with Gasteiger partial charge < -0.3 is 4.74 Å². The van der Waals surface area contributed by atoms with E-state index in [0.717, 1.165) is 6.42 Å². The van der Waals surface area contributed by atoms with Gasteiger partial charge in [0.2, 0.25) is 0 Å². The summed E-state index contributed by atoms with van der Waals surface area (Å²) >= 11 is 0. The van der Waals surface area contributed by atoms with Gasteiger partial charge in [0.25, 0.3) is 0 Å². The van der Waals surface area contributed by atoms with Gasteiger partial charge in [0.05, 0.1) is 6.04 Å². The molecule has 0 aromatic carbocycles. The number of Topliss-reactive ketones (excluding diaryl/α,β-unsaturated/α-hetero) is 1. The average molecular weight is 227 g/mol. The summed E-state index contributed by atoms with van der Waals surface area (Å²) in [6, 6.07) is -0.269. The zero-order chi connectivity index (χ0) is 12.5. The van der Waals surface area contributed by atoms with Crippen molar-refractivity contribution >= 4 is 11.9 Å². The number of rotatable bonds is 2. The second kappa shape index (κ2) is 4.44. The normalized spacial score (nSPS) is 20.6. The maximum atomic E-state index is 11.8. The molecule has 0 aromatic heterocycles. The standard InChI is InChI=1S/C12H21NO3/c1-8(2)10(14)9-6-7-13(9)11(15)16-12(3,4)5/h8-9H,6-7H2,1-5H3. The molecule has 1 saturated heterocycles. The minimum atomic E-state index is -0.502. The average Bonchev–Trinajstić information content (AvgIpc) is 1.97. The van der Waals surface area contributed by atoms with E-state index in [1.165, 1.54) is 4.90 Å². The van der Waals surface area contributed by atoms with E-state index in [2.05, 4.69) is 0 Å². The topological polar surface area (TPSA) is 46.6 Å². The molecule has 1 aliphatic heterocycles. The third-order valence-corrected chi connectivity index (χ3v) is 2.55. The maximum absolute atomic E-state index is 11.8. The summed E-state index contributed by atoms with van der Waals surface area (Å²) in [4.78, 5) is 25.0. The summed E-state index contributed by atoms with van der Waals surface area (Å²) in [7, 11) is 0. The van der Waals surface area contributed by atoms with Crippen LogP contribution >= 0.6 is 0 Å². The first-order valence-electron chi connectivity index (χ1n) is 5.75. The van der Waals surface area contributed by atoms with Crippen molar-refractivity contribution in [2.24, 2.45) is 5.92 Å². The molecule has 4 nitrogen and oxygen atoms in total. The number of likely N-dealkylation sites (tertiary alicyclic amines) is 1. The molecular formula is C12H21NO3. The van der Waals surface area contributed by atoms with Crippen molar-refractivity contribution in [1.82, 2.24) is 4.90 Å². The zero-order valence-corrected chi connectivity index (χ0v) is 10.7. The van der Waals surface area contributed by atoms with E-state index in [9.17, 15) is 9.59 Å². The minimum Gasteiger partial charge on any atom is -0.444 e. The Labute approximate surface area is 96.9 Å². The molecule has 0 radical (unpaired) electrons. The molecule has 1 aliphatic rings. The lowest BCUT2D eigenvalue weighted by atomic mass is 9.92. The molecule has 92 valence electrons. The monoisotopic (exact) mass is 227 g/mol. The van der Waals surface area contributed by atoms with Crippen molar-refractivity contribution in [3.63, 3.8) is 0 Å².